The molecule has 1 aromatic carbocycles. The molecule has 1 atom stereocenters. The van der Waals surface area contributed by atoms with Crippen LogP contribution in [0.4, 0.5) is 5.69 Å². The highest BCUT2D eigenvalue weighted by Gasteiger charge is 2.28. The van der Waals surface area contributed by atoms with Gasteiger partial charge < -0.3 is 10.6 Å². The van der Waals surface area contributed by atoms with Crippen LogP contribution in [-0.2, 0) is 4.79 Å². The molecular formula is C14H20N2OS. The molecule has 0 bridgehead atoms. The Kier molecular flexibility index (Phi) is 4.66. The molecule has 1 aliphatic rings. The zero-order chi connectivity index (χ0) is 13.0. The number of thioether (sulfide) groups is 1. The van der Waals surface area contributed by atoms with E-state index in [0.29, 0.717) is 5.92 Å². The lowest BCUT2D eigenvalue weighted by Gasteiger charge is -2.31. The predicted molar refractivity (Wildman–Crippen MR) is 77.0 cm³/mol. The van der Waals surface area contributed by atoms with Gasteiger partial charge in [-0.15, -0.1) is 11.8 Å². The Balaban J connectivity index is 1.95. The molecule has 0 saturated carbocycles. The van der Waals surface area contributed by atoms with E-state index in [1.165, 1.54) is 4.90 Å². The van der Waals surface area contributed by atoms with E-state index in [9.17, 15) is 4.79 Å². The molecule has 1 aromatic rings. The highest BCUT2D eigenvalue weighted by Crippen LogP contribution is 2.23. The van der Waals surface area contributed by atoms with Crippen molar-refractivity contribution in [1.82, 2.24) is 5.32 Å². The van der Waals surface area contributed by atoms with Gasteiger partial charge >= 0.3 is 0 Å². The quantitative estimate of drug-likeness (QED) is 0.803. The van der Waals surface area contributed by atoms with Crippen molar-refractivity contribution >= 4 is 23.4 Å². The molecule has 4 heteroatoms. The largest absolute Gasteiger partial charge is 0.326 e. The molecule has 98 valence electrons. The summed E-state index contributed by atoms with van der Waals surface area (Å²) >= 11 is 1.79. The van der Waals surface area contributed by atoms with Crippen LogP contribution < -0.4 is 10.6 Å². The first-order valence-corrected chi connectivity index (χ1v) is 7.43. The first-order chi connectivity index (χ1) is 8.70. The monoisotopic (exact) mass is 264 g/mol. The highest BCUT2D eigenvalue weighted by atomic mass is 32.2. The van der Waals surface area contributed by atoms with E-state index in [2.05, 4.69) is 23.6 Å². The summed E-state index contributed by atoms with van der Waals surface area (Å²) in [7, 11) is 0. The van der Waals surface area contributed by atoms with Crippen LogP contribution in [0.3, 0.4) is 0 Å². The third-order valence-electron chi connectivity index (χ3n) is 3.35. The second kappa shape index (κ2) is 6.25. The third kappa shape index (κ3) is 3.27. The van der Waals surface area contributed by atoms with Gasteiger partial charge in [0.15, 0.2) is 0 Å². The van der Waals surface area contributed by atoms with Gasteiger partial charge in [-0.3, -0.25) is 4.79 Å². The van der Waals surface area contributed by atoms with Crippen molar-refractivity contribution in [2.45, 2.75) is 18.7 Å². The molecule has 1 aliphatic heterocycles. The van der Waals surface area contributed by atoms with E-state index in [1.807, 2.05) is 25.1 Å². The maximum atomic E-state index is 12.1. The Morgan fingerprint density at radius 1 is 1.56 bits per heavy atom. The van der Waals surface area contributed by atoms with Crippen molar-refractivity contribution in [3.63, 3.8) is 0 Å². The summed E-state index contributed by atoms with van der Waals surface area (Å²) in [5.74, 6) is 1.73. The lowest BCUT2D eigenvalue weighted by Crippen LogP contribution is -2.48. The van der Waals surface area contributed by atoms with E-state index in [4.69, 9.17) is 0 Å². The average molecular weight is 264 g/mol. The first kappa shape index (κ1) is 13.4. The molecule has 1 amide bonds. The van der Waals surface area contributed by atoms with Crippen molar-refractivity contribution in [1.29, 1.82) is 0 Å². The number of carbonyl (C=O) groups excluding carboxylic acids is 1. The Hall–Kier alpha value is -1.00. The summed E-state index contributed by atoms with van der Waals surface area (Å²) < 4.78 is 0. The molecule has 0 spiro atoms. The number of nitrogens with one attached hydrogen (secondary N) is 2. The minimum Gasteiger partial charge on any atom is -0.326 e. The smallest absolute Gasteiger partial charge is 0.227 e. The minimum atomic E-state index is 0.0775. The van der Waals surface area contributed by atoms with Crippen molar-refractivity contribution < 1.29 is 4.79 Å². The lowest BCUT2D eigenvalue weighted by atomic mass is 9.88. The van der Waals surface area contributed by atoms with Crippen LogP contribution in [0.5, 0.6) is 0 Å². The molecule has 2 rings (SSSR count). The summed E-state index contributed by atoms with van der Waals surface area (Å²) in [6.45, 7) is 6.05. The molecule has 0 aliphatic carbocycles. The molecule has 18 heavy (non-hydrogen) atoms. The molecule has 2 N–H and O–H groups in total. The Bertz CT molecular complexity index is 418. The van der Waals surface area contributed by atoms with Crippen LogP contribution in [0.15, 0.2) is 29.2 Å². The third-order valence-corrected chi connectivity index (χ3v) is 4.22. The number of rotatable bonds is 5. The number of amides is 1. The number of hydrogen-bond donors (Lipinski definition) is 2. The van der Waals surface area contributed by atoms with Crippen LogP contribution in [0, 0.1) is 11.8 Å². The van der Waals surface area contributed by atoms with Gasteiger partial charge in [0.05, 0.1) is 0 Å². The van der Waals surface area contributed by atoms with Crippen LogP contribution in [0.1, 0.15) is 13.8 Å². The topological polar surface area (TPSA) is 41.1 Å². The highest BCUT2D eigenvalue weighted by molar-refractivity contribution is 7.99. The number of carbonyl (C=O) groups is 1. The Morgan fingerprint density at radius 3 is 2.94 bits per heavy atom. The van der Waals surface area contributed by atoms with Crippen LogP contribution in [-0.4, -0.2) is 24.7 Å². The maximum absolute atomic E-state index is 12.1. The molecule has 1 heterocycles. The second-order valence-corrected chi connectivity index (χ2v) is 5.99. The number of hydrogen-bond acceptors (Lipinski definition) is 3. The van der Waals surface area contributed by atoms with Gasteiger partial charge in [-0.05, 0) is 43.0 Å². The zero-order valence-corrected chi connectivity index (χ0v) is 11.7. The fourth-order valence-electron chi connectivity index (χ4n) is 1.97. The van der Waals surface area contributed by atoms with Crippen LogP contribution in [0.2, 0.25) is 0 Å². The molecule has 1 saturated heterocycles. The van der Waals surface area contributed by atoms with Gasteiger partial charge in [0.1, 0.15) is 0 Å². The van der Waals surface area contributed by atoms with Crippen molar-refractivity contribution in [2.24, 2.45) is 11.8 Å². The van der Waals surface area contributed by atoms with Crippen LogP contribution in [0.25, 0.3) is 0 Å². The summed E-state index contributed by atoms with van der Waals surface area (Å²) in [5.41, 5.74) is 0.901. The summed E-state index contributed by atoms with van der Waals surface area (Å²) in [6.07, 6.45) is 0. The van der Waals surface area contributed by atoms with Gasteiger partial charge in [0, 0.05) is 16.5 Å². The number of anilines is 1. The second-order valence-electron chi connectivity index (χ2n) is 4.66. The van der Waals surface area contributed by atoms with Crippen molar-refractivity contribution in [3.05, 3.63) is 24.3 Å². The molecular weight excluding hydrogens is 244 g/mol. The van der Waals surface area contributed by atoms with E-state index in [0.717, 1.165) is 24.5 Å². The standard InChI is InChI=1S/C14H20N2OS/c1-3-18-13-6-4-5-12(7-13)16-14(17)10(2)11-8-15-9-11/h4-7,10-11,15H,3,8-9H2,1-2H3,(H,16,17). The first-order valence-electron chi connectivity index (χ1n) is 6.45. The predicted octanol–water partition coefficient (Wildman–Crippen LogP) is 2.59. The normalized spacial score (nSPS) is 17.0. The fraction of sp³-hybridized carbons (Fsp3) is 0.500. The number of benzene rings is 1. The SMILES string of the molecule is CCSc1cccc(NC(=O)C(C)C2CNC2)c1. The molecule has 1 unspecified atom stereocenters. The fourth-order valence-corrected chi connectivity index (χ4v) is 2.68. The summed E-state index contributed by atoms with van der Waals surface area (Å²) in [6, 6.07) is 8.05. The van der Waals surface area contributed by atoms with Gasteiger partial charge in [-0.2, -0.15) is 0 Å². The molecule has 3 nitrogen and oxygen atoms in total. The Morgan fingerprint density at radius 2 is 2.33 bits per heavy atom. The van der Waals surface area contributed by atoms with E-state index >= 15 is 0 Å². The van der Waals surface area contributed by atoms with Crippen molar-refractivity contribution in [3.8, 4) is 0 Å². The van der Waals surface area contributed by atoms with Gasteiger partial charge in [-0.25, -0.2) is 0 Å². The van der Waals surface area contributed by atoms with Gasteiger partial charge in [0.2, 0.25) is 5.91 Å². The summed E-state index contributed by atoms with van der Waals surface area (Å²) in [4.78, 5) is 13.3. The van der Waals surface area contributed by atoms with E-state index in [1.54, 1.807) is 11.8 Å². The molecule has 0 radical (unpaired) electrons. The van der Waals surface area contributed by atoms with E-state index in [-0.39, 0.29) is 11.8 Å². The Labute approximate surface area is 113 Å². The van der Waals surface area contributed by atoms with Gasteiger partial charge in [-0.1, -0.05) is 19.9 Å². The van der Waals surface area contributed by atoms with E-state index < -0.39 is 0 Å². The average Bonchev–Trinajstić information content (AvgIpc) is 2.27. The summed E-state index contributed by atoms with van der Waals surface area (Å²) in [5, 5.41) is 6.21. The maximum Gasteiger partial charge on any atom is 0.227 e. The van der Waals surface area contributed by atoms with Gasteiger partial charge in [0.25, 0.3) is 0 Å². The minimum absolute atomic E-state index is 0.0775. The zero-order valence-electron chi connectivity index (χ0n) is 10.9. The molecule has 1 fully saturated rings. The van der Waals surface area contributed by atoms with Crippen molar-refractivity contribution in [2.75, 3.05) is 24.2 Å². The van der Waals surface area contributed by atoms with Crippen LogP contribution >= 0.6 is 11.8 Å². The molecule has 0 aromatic heterocycles. The lowest BCUT2D eigenvalue weighted by molar-refractivity contribution is -0.121.